The maximum absolute atomic E-state index is 11.0. The third-order valence-electron chi connectivity index (χ3n) is 1.61. The van der Waals surface area contributed by atoms with Crippen LogP contribution in [0.4, 0.5) is 4.79 Å². The lowest BCUT2D eigenvalue weighted by Crippen LogP contribution is -2.32. The van der Waals surface area contributed by atoms with Gasteiger partial charge in [-0.2, -0.15) is 0 Å². The highest BCUT2D eigenvalue weighted by Crippen LogP contribution is 2.10. The molecule has 12 heavy (non-hydrogen) atoms. The topological polar surface area (TPSA) is 66.8 Å². The molecule has 0 aliphatic carbocycles. The van der Waals surface area contributed by atoms with Crippen molar-refractivity contribution in [1.29, 1.82) is 0 Å². The van der Waals surface area contributed by atoms with Crippen LogP contribution in [-0.2, 0) is 9.53 Å². The number of aliphatic hydroxyl groups excluding tert-OH is 1. The zero-order valence-electron chi connectivity index (χ0n) is 6.65. The first-order valence-electron chi connectivity index (χ1n) is 3.83. The molecule has 0 radical (unpaired) electrons. The summed E-state index contributed by atoms with van der Waals surface area (Å²) in [6.07, 6.45) is 0.466. The molecule has 1 N–H and O–H groups in total. The van der Waals surface area contributed by atoms with Crippen molar-refractivity contribution in [3.63, 3.8) is 0 Å². The Labute approximate surface area is 69.9 Å². The Morgan fingerprint density at radius 1 is 1.67 bits per heavy atom. The number of rotatable bonds is 2. The minimum Gasteiger partial charge on any atom is -0.447 e. The lowest BCUT2D eigenvalue weighted by Gasteiger charge is -2.12. The van der Waals surface area contributed by atoms with Crippen molar-refractivity contribution < 1.29 is 19.4 Å². The largest absolute Gasteiger partial charge is 0.447 e. The molecule has 0 spiro atoms. The number of aliphatic hydroxyl groups is 1. The highest BCUT2D eigenvalue weighted by Gasteiger charge is 2.27. The van der Waals surface area contributed by atoms with E-state index in [1.54, 1.807) is 0 Å². The summed E-state index contributed by atoms with van der Waals surface area (Å²) >= 11 is 0. The number of carbonyl (C=O) groups is 2. The molecule has 0 aromatic heterocycles. The van der Waals surface area contributed by atoms with Gasteiger partial charge in [-0.3, -0.25) is 4.79 Å². The van der Waals surface area contributed by atoms with E-state index in [1.165, 1.54) is 0 Å². The third kappa shape index (κ3) is 1.94. The van der Waals surface area contributed by atoms with Crippen LogP contribution < -0.4 is 0 Å². The van der Waals surface area contributed by atoms with Crippen LogP contribution in [0.2, 0.25) is 0 Å². The zero-order valence-corrected chi connectivity index (χ0v) is 6.65. The fourth-order valence-corrected chi connectivity index (χ4v) is 1.05. The molecule has 0 aromatic rings. The van der Waals surface area contributed by atoms with Gasteiger partial charge in [0, 0.05) is 13.0 Å². The Kier molecular flexibility index (Phi) is 3.04. The van der Waals surface area contributed by atoms with Gasteiger partial charge >= 0.3 is 6.09 Å². The fourth-order valence-electron chi connectivity index (χ4n) is 1.05. The maximum atomic E-state index is 11.0. The molecule has 5 nitrogen and oxygen atoms in total. The van der Waals surface area contributed by atoms with Crippen molar-refractivity contribution in [1.82, 2.24) is 4.90 Å². The van der Waals surface area contributed by atoms with Crippen molar-refractivity contribution in [2.24, 2.45) is 0 Å². The van der Waals surface area contributed by atoms with Gasteiger partial charge in [0.25, 0.3) is 0 Å². The van der Waals surface area contributed by atoms with Crippen molar-refractivity contribution in [2.45, 2.75) is 12.8 Å². The minimum absolute atomic E-state index is 0.0530. The van der Waals surface area contributed by atoms with E-state index in [4.69, 9.17) is 5.11 Å². The van der Waals surface area contributed by atoms with Gasteiger partial charge in [0.1, 0.15) is 6.61 Å². The molecule has 0 aromatic carbocycles. The predicted molar refractivity (Wildman–Crippen MR) is 39.4 cm³/mol. The van der Waals surface area contributed by atoms with Crippen molar-refractivity contribution in [3.05, 3.63) is 0 Å². The first kappa shape index (κ1) is 8.99. The molecular weight excluding hydrogens is 162 g/mol. The van der Waals surface area contributed by atoms with Crippen LogP contribution in [0.25, 0.3) is 0 Å². The molecule has 68 valence electrons. The minimum atomic E-state index is -0.647. The van der Waals surface area contributed by atoms with E-state index in [0.29, 0.717) is 19.4 Å². The number of likely N-dealkylation sites (tertiary alicyclic amines) is 1. The zero-order chi connectivity index (χ0) is 8.97. The number of hydrogen-bond donors (Lipinski definition) is 1. The van der Waals surface area contributed by atoms with Gasteiger partial charge in [0.15, 0.2) is 0 Å². The highest BCUT2D eigenvalue weighted by molar-refractivity contribution is 5.93. The molecule has 5 heteroatoms. The molecule has 0 atom stereocenters. The van der Waals surface area contributed by atoms with Crippen molar-refractivity contribution in [2.75, 3.05) is 19.8 Å². The second-order valence-electron chi connectivity index (χ2n) is 2.49. The van der Waals surface area contributed by atoms with E-state index >= 15 is 0 Å². The van der Waals surface area contributed by atoms with Gasteiger partial charge in [-0.25, -0.2) is 9.69 Å². The summed E-state index contributed by atoms with van der Waals surface area (Å²) in [5.74, 6) is -0.196. The van der Waals surface area contributed by atoms with Crippen LogP contribution in [0, 0.1) is 0 Å². The van der Waals surface area contributed by atoms with E-state index < -0.39 is 6.09 Å². The average Bonchev–Trinajstić information content (AvgIpc) is 2.47. The second-order valence-corrected chi connectivity index (χ2v) is 2.49. The van der Waals surface area contributed by atoms with Crippen LogP contribution in [0.15, 0.2) is 0 Å². The van der Waals surface area contributed by atoms with Gasteiger partial charge in [-0.1, -0.05) is 0 Å². The second kappa shape index (κ2) is 4.06. The lowest BCUT2D eigenvalue weighted by atomic mass is 10.4. The lowest BCUT2D eigenvalue weighted by molar-refractivity contribution is -0.126. The monoisotopic (exact) mass is 173 g/mol. The molecule has 0 bridgehead atoms. The first-order valence-corrected chi connectivity index (χ1v) is 3.83. The van der Waals surface area contributed by atoms with Crippen molar-refractivity contribution in [3.8, 4) is 0 Å². The number of nitrogens with zero attached hydrogens (tertiary/aromatic N) is 1. The summed E-state index contributed by atoms with van der Waals surface area (Å²) in [5, 5.41) is 8.34. The Balaban J connectivity index is 2.36. The van der Waals surface area contributed by atoms with Crippen LogP contribution in [0.1, 0.15) is 12.8 Å². The molecule has 0 unspecified atom stereocenters. The Morgan fingerprint density at radius 2 is 2.42 bits per heavy atom. The quantitative estimate of drug-likeness (QED) is 0.624. The summed E-state index contributed by atoms with van der Waals surface area (Å²) < 4.78 is 4.56. The molecular formula is C7H11NO4. The standard InChI is InChI=1S/C7H11NO4/c9-4-5-12-7(11)8-3-1-2-6(8)10/h9H,1-5H2. The number of carbonyl (C=O) groups excluding carboxylic acids is 2. The summed E-state index contributed by atoms with van der Waals surface area (Å²) in [6.45, 7) is 0.166. The maximum Gasteiger partial charge on any atom is 0.416 e. The summed E-state index contributed by atoms with van der Waals surface area (Å²) in [4.78, 5) is 23.0. The van der Waals surface area contributed by atoms with Gasteiger partial charge in [-0.05, 0) is 6.42 Å². The number of imide groups is 1. The van der Waals surface area contributed by atoms with Gasteiger partial charge in [0.2, 0.25) is 5.91 Å². The Hall–Kier alpha value is -1.10. The molecule has 1 aliphatic rings. The molecule has 2 amide bonds. The van der Waals surface area contributed by atoms with Gasteiger partial charge < -0.3 is 9.84 Å². The SMILES string of the molecule is O=C1CCCN1C(=O)OCCO. The van der Waals surface area contributed by atoms with Crippen LogP contribution in [0.3, 0.4) is 0 Å². The van der Waals surface area contributed by atoms with Gasteiger partial charge in [-0.15, -0.1) is 0 Å². The molecule has 1 heterocycles. The summed E-state index contributed by atoms with van der Waals surface area (Å²) in [6, 6.07) is 0. The molecule has 0 saturated carbocycles. The van der Waals surface area contributed by atoms with Crippen LogP contribution >= 0.6 is 0 Å². The van der Waals surface area contributed by atoms with E-state index in [-0.39, 0.29) is 19.1 Å². The molecule has 1 saturated heterocycles. The van der Waals surface area contributed by atoms with Crippen molar-refractivity contribution >= 4 is 12.0 Å². The molecule has 1 aliphatic heterocycles. The molecule has 1 fully saturated rings. The van der Waals surface area contributed by atoms with Gasteiger partial charge in [0.05, 0.1) is 6.61 Å². The van der Waals surface area contributed by atoms with Crippen LogP contribution in [-0.4, -0.2) is 41.8 Å². The Bertz CT molecular complexity index is 192. The van der Waals surface area contributed by atoms with E-state index in [1.807, 2.05) is 0 Å². The number of amides is 2. The van der Waals surface area contributed by atoms with Crippen LogP contribution in [0.5, 0.6) is 0 Å². The number of hydrogen-bond acceptors (Lipinski definition) is 4. The average molecular weight is 173 g/mol. The molecule has 1 rings (SSSR count). The number of ether oxygens (including phenoxy) is 1. The highest BCUT2D eigenvalue weighted by atomic mass is 16.6. The van der Waals surface area contributed by atoms with E-state index in [9.17, 15) is 9.59 Å². The normalized spacial score (nSPS) is 16.8. The first-order chi connectivity index (χ1) is 5.75. The predicted octanol–water partition coefficient (Wildman–Crippen LogP) is -0.262. The van der Waals surface area contributed by atoms with E-state index in [0.717, 1.165) is 4.90 Å². The third-order valence-corrected chi connectivity index (χ3v) is 1.61. The summed E-state index contributed by atoms with van der Waals surface area (Å²) in [5.41, 5.74) is 0. The van der Waals surface area contributed by atoms with E-state index in [2.05, 4.69) is 4.74 Å². The summed E-state index contributed by atoms with van der Waals surface area (Å²) in [7, 11) is 0. The smallest absolute Gasteiger partial charge is 0.416 e. The Morgan fingerprint density at radius 3 is 2.92 bits per heavy atom. The fraction of sp³-hybridized carbons (Fsp3) is 0.714.